The summed E-state index contributed by atoms with van der Waals surface area (Å²) in [5, 5.41) is 0. The van der Waals surface area contributed by atoms with Crippen molar-refractivity contribution in [1.82, 2.24) is 9.55 Å². The van der Waals surface area contributed by atoms with E-state index >= 15 is 0 Å². The second-order valence-corrected chi connectivity index (χ2v) is 1.51. The van der Waals surface area contributed by atoms with Crippen molar-refractivity contribution in [3.63, 3.8) is 0 Å². The molecule has 1 rings (SSSR count). The van der Waals surface area contributed by atoms with Crippen molar-refractivity contribution in [2.45, 2.75) is 0 Å². The standard InChI is InChI=1S/C4H4N2O2S/c7-4(8-9)6-2-1-5-3-6/h1-3,9H. The average molecular weight is 144 g/mol. The van der Waals surface area contributed by atoms with Crippen LogP contribution in [0.3, 0.4) is 0 Å². The number of carbonyl (C=O) groups is 1. The molecule has 4 nitrogen and oxygen atoms in total. The molecule has 0 aliphatic carbocycles. The largest absolute Gasteiger partial charge is 0.431 e. The van der Waals surface area contributed by atoms with Gasteiger partial charge in [0.15, 0.2) is 0 Å². The second kappa shape index (κ2) is 2.54. The number of rotatable bonds is 0. The topological polar surface area (TPSA) is 44.1 Å². The van der Waals surface area contributed by atoms with E-state index in [1.54, 1.807) is 0 Å². The summed E-state index contributed by atoms with van der Waals surface area (Å²) in [6.45, 7) is 0. The summed E-state index contributed by atoms with van der Waals surface area (Å²) in [5.74, 6) is 0. The molecule has 0 N–H and O–H groups in total. The molecule has 0 aromatic carbocycles. The van der Waals surface area contributed by atoms with Crippen LogP contribution < -0.4 is 0 Å². The molecule has 0 spiro atoms. The third kappa shape index (κ3) is 1.23. The van der Waals surface area contributed by atoms with Crippen LogP contribution in [0.15, 0.2) is 18.7 Å². The van der Waals surface area contributed by atoms with Gasteiger partial charge < -0.3 is 4.18 Å². The van der Waals surface area contributed by atoms with Crippen molar-refractivity contribution in [1.29, 1.82) is 0 Å². The summed E-state index contributed by atoms with van der Waals surface area (Å²) in [5.41, 5.74) is 0. The fourth-order valence-electron chi connectivity index (χ4n) is 0.414. The Balaban J connectivity index is 2.77. The van der Waals surface area contributed by atoms with Crippen molar-refractivity contribution < 1.29 is 8.98 Å². The molecule has 0 aliphatic heterocycles. The molecule has 5 heteroatoms. The van der Waals surface area contributed by atoms with Crippen LogP contribution in [0.5, 0.6) is 0 Å². The normalized spacial score (nSPS) is 9.00. The summed E-state index contributed by atoms with van der Waals surface area (Å²) in [6.07, 6.45) is 3.72. The lowest BCUT2D eigenvalue weighted by molar-refractivity contribution is 0.211. The molecule has 0 amide bonds. The van der Waals surface area contributed by atoms with E-state index in [2.05, 4.69) is 22.1 Å². The Morgan fingerprint density at radius 3 is 3.00 bits per heavy atom. The maximum absolute atomic E-state index is 10.5. The number of aromatic nitrogens is 2. The van der Waals surface area contributed by atoms with Crippen LogP contribution in [0.25, 0.3) is 0 Å². The first-order valence-electron chi connectivity index (χ1n) is 2.18. The molecule has 1 heterocycles. The molecular formula is C4H4N2O2S. The number of nitrogens with zero attached hydrogens (tertiary/aromatic N) is 2. The third-order valence-corrected chi connectivity index (χ3v) is 0.949. The van der Waals surface area contributed by atoms with Crippen molar-refractivity contribution in [2.75, 3.05) is 0 Å². The van der Waals surface area contributed by atoms with Gasteiger partial charge in [-0.2, -0.15) is 0 Å². The smallest absolute Gasteiger partial charge is 0.378 e. The van der Waals surface area contributed by atoms with Crippen LogP contribution in [0.2, 0.25) is 0 Å². The minimum atomic E-state index is -0.559. The number of carbonyl (C=O) groups excluding carboxylic acids is 1. The monoisotopic (exact) mass is 144 g/mol. The van der Waals surface area contributed by atoms with Gasteiger partial charge in [-0.05, 0) is 0 Å². The Morgan fingerprint density at radius 2 is 2.56 bits per heavy atom. The first-order chi connectivity index (χ1) is 4.34. The molecule has 0 aliphatic rings. The van der Waals surface area contributed by atoms with Gasteiger partial charge in [0, 0.05) is 25.3 Å². The number of hydrogen-bond acceptors (Lipinski definition) is 4. The van der Waals surface area contributed by atoms with Crippen molar-refractivity contribution >= 4 is 19.0 Å². The maximum atomic E-state index is 10.5. The lowest BCUT2D eigenvalue weighted by Gasteiger charge is -1.92. The fraction of sp³-hybridized carbons (Fsp3) is 0. The molecule has 1 aromatic heterocycles. The number of thiol groups is 1. The summed E-state index contributed by atoms with van der Waals surface area (Å²) in [7, 11) is 0. The first kappa shape index (κ1) is 6.15. The van der Waals surface area contributed by atoms with Gasteiger partial charge in [-0.3, -0.25) is 0 Å². The molecule has 0 saturated carbocycles. The van der Waals surface area contributed by atoms with Crippen LogP contribution in [0, 0.1) is 0 Å². The van der Waals surface area contributed by atoms with Gasteiger partial charge in [-0.15, -0.1) is 0 Å². The van der Waals surface area contributed by atoms with Gasteiger partial charge in [-0.1, -0.05) is 0 Å². The van der Waals surface area contributed by atoms with Crippen LogP contribution in [-0.4, -0.2) is 15.6 Å². The van der Waals surface area contributed by atoms with Crippen LogP contribution in [0.4, 0.5) is 4.79 Å². The van der Waals surface area contributed by atoms with E-state index in [1.807, 2.05) is 0 Å². The molecule has 0 atom stereocenters. The zero-order chi connectivity index (χ0) is 6.69. The maximum Gasteiger partial charge on any atom is 0.431 e. The van der Waals surface area contributed by atoms with Gasteiger partial charge in [-0.25, -0.2) is 14.3 Å². The highest BCUT2D eigenvalue weighted by atomic mass is 32.1. The molecule has 0 bridgehead atoms. The lowest BCUT2D eigenvalue weighted by atomic mass is 10.9. The lowest BCUT2D eigenvalue weighted by Crippen LogP contribution is -2.05. The fourth-order valence-corrected chi connectivity index (χ4v) is 0.509. The van der Waals surface area contributed by atoms with Crippen molar-refractivity contribution in [3.8, 4) is 0 Å². The first-order valence-corrected chi connectivity index (χ1v) is 2.55. The molecule has 1 aromatic rings. The molecule has 0 unspecified atom stereocenters. The highest BCUT2D eigenvalue weighted by Crippen LogP contribution is 1.90. The summed E-state index contributed by atoms with van der Waals surface area (Å²) in [4.78, 5) is 14.1. The summed E-state index contributed by atoms with van der Waals surface area (Å²) in [6, 6.07) is 0. The van der Waals surface area contributed by atoms with Gasteiger partial charge in [0.1, 0.15) is 6.33 Å². The van der Waals surface area contributed by atoms with Crippen molar-refractivity contribution in [2.24, 2.45) is 0 Å². The predicted molar refractivity (Wildman–Crippen MR) is 33.1 cm³/mol. The van der Waals surface area contributed by atoms with E-state index in [9.17, 15) is 4.79 Å². The van der Waals surface area contributed by atoms with E-state index < -0.39 is 6.09 Å². The molecule has 0 radical (unpaired) electrons. The predicted octanol–water partition coefficient (Wildman–Crippen LogP) is 0.713. The van der Waals surface area contributed by atoms with Gasteiger partial charge in [0.25, 0.3) is 0 Å². The molecule has 0 fully saturated rings. The van der Waals surface area contributed by atoms with E-state index in [1.165, 1.54) is 23.3 Å². The van der Waals surface area contributed by atoms with Crippen LogP contribution in [0.1, 0.15) is 0 Å². The van der Waals surface area contributed by atoms with Crippen LogP contribution in [-0.2, 0) is 4.18 Å². The zero-order valence-electron chi connectivity index (χ0n) is 4.39. The SMILES string of the molecule is O=C(OS)n1ccnc1. The Labute approximate surface area is 57.1 Å². The van der Waals surface area contributed by atoms with Crippen LogP contribution >= 0.6 is 12.9 Å². The molecule has 48 valence electrons. The van der Waals surface area contributed by atoms with E-state index in [4.69, 9.17) is 0 Å². The van der Waals surface area contributed by atoms with E-state index in [0.29, 0.717) is 0 Å². The Kier molecular flexibility index (Phi) is 1.74. The van der Waals surface area contributed by atoms with Gasteiger partial charge in [0.05, 0.1) is 0 Å². The minimum absolute atomic E-state index is 0.559. The molecular weight excluding hydrogens is 140 g/mol. The second-order valence-electron chi connectivity index (χ2n) is 1.33. The zero-order valence-corrected chi connectivity index (χ0v) is 5.28. The third-order valence-electron chi connectivity index (χ3n) is 0.793. The Hall–Kier alpha value is -0.970. The Morgan fingerprint density at radius 1 is 1.78 bits per heavy atom. The molecule has 0 saturated heterocycles. The number of hydrogen-bond donors (Lipinski definition) is 1. The molecule has 9 heavy (non-hydrogen) atoms. The van der Waals surface area contributed by atoms with Gasteiger partial charge in [0.2, 0.25) is 0 Å². The van der Waals surface area contributed by atoms with E-state index in [-0.39, 0.29) is 0 Å². The van der Waals surface area contributed by atoms with E-state index in [0.717, 1.165) is 0 Å². The summed E-state index contributed by atoms with van der Waals surface area (Å²) >= 11 is 3.30. The highest BCUT2D eigenvalue weighted by molar-refractivity contribution is 7.75. The van der Waals surface area contributed by atoms with Crippen molar-refractivity contribution in [3.05, 3.63) is 18.7 Å². The average Bonchev–Trinajstić information content (AvgIpc) is 2.37. The minimum Gasteiger partial charge on any atom is -0.378 e. The summed E-state index contributed by atoms with van der Waals surface area (Å²) < 4.78 is 5.25. The quantitative estimate of drug-likeness (QED) is 0.431. The Bertz CT molecular complexity index is 196. The van der Waals surface area contributed by atoms with Gasteiger partial charge >= 0.3 is 6.09 Å². The number of imidazole rings is 1. The highest BCUT2D eigenvalue weighted by Gasteiger charge is 1.99.